The zero-order valence-corrected chi connectivity index (χ0v) is 12.3. The topological polar surface area (TPSA) is 46.5 Å². The third-order valence-electron chi connectivity index (χ3n) is 4.51. The van der Waals surface area contributed by atoms with E-state index in [9.17, 15) is 14.3 Å². The van der Waals surface area contributed by atoms with E-state index < -0.39 is 12.1 Å². The second kappa shape index (κ2) is 6.59. The summed E-state index contributed by atoms with van der Waals surface area (Å²) >= 11 is 0. The molecular weight excluding hydrogens is 259 g/mol. The van der Waals surface area contributed by atoms with Gasteiger partial charge in [-0.15, -0.1) is 0 Å². The standard InChI is InChI=1S/C16H25FO3/c1-3-4-5-11(17)6-7-13(18)15-12-8-10(2)9-14(12)20-16(15)19/h7,10-12,14-15,18H,3-6,8-9H2,1-2H3/b13-7+/t10-,11+,12+,14+,15-/m1/s1. The number of ether oxygens (including phenoxy) is 1. The molecule has 1 aliphatic carbocycles. The lowest BCUT2D eigenvalue weighted by atomic mass is 9.89. The van der Waals surface area contributed by atoms with Crippen LogP contribution in [0, 0.1) is 17.8 Å². The van der Waals surface area contributed by atoms with Crippen molar-refractivity contribution in [2.24, 2.45) is 17.8 Å². The molecule has 1 N–H and O–H groups in total. The lowest BCUT2D eigenvalue weighted by Crippen LogP contribution is -2.19. The number of fused-ring (bicyclic) bond motifs is 1. The Morgan fingerprint density at radius 2 is 2.30 bits per heavy atom. The van der Waals surface area contributed by atoms with Crippen molar-refractivity contribution < 1.29 is 19.0 Å². The zero-order valence-electron chi connectivity index (χ0n) is 12.3. The van der Waals surface area contributed by atoms with Crippen molar-refractivity contribution in [2.45, 2.75) is 64.6 Å². The number of hydrogen-bond donors (Lipinski definition) is 1. The molecule has 0 aromatic carbocycles. The molecule has 3 nitrogen and oxygen atoms in total. The SMILES string of the molecule is CCCC[C@H](F)C/C=C(/O)[C@@H]1C(=O)O[C@H]2C[C@H](C)C[C@@H]21. The molecule has 5 atom stereocenters. The molecule has 1 saturated carbocycles. The van der Waals surface area contributed by atoms with Crippen LogP contribution in [-0.2, 0) is 9.53 Å². The van der Waals surface area contributed by atoms with Gasteiger partial charge in [0, 0.05) is 12.3 Å². The molecule has 1 heterocycles. The van der Waals surface area contributed by atoms with Gasteiger partial charge in [-0.3, -0.25) is 4.79 Å². The summed E-state index contributed by atoms with van der Waals surface area (Å²) in [5.74, 6) is -0.307. The van der Waals surface area contributed by atoms with E-state index in [1.165, 1.54) is 6.08 Å². The molecule has 0 amide bonds. The predicted molar refractivity (Wildman–Crippen MR) is 75.0 cm³/mol. The molecule has 0 unspecified atom stereocenters. The number of esters is 1. The van der Waals surface area contributed by atoms with Gasteiger partial charge in [0.05, 0.1) is 0 Å². The van der Waals surface area contributed by atoms with Gasteiger partial charge in [-0.25, -0.2) is 4.39 Å². The highest BCUT2D eigenvalue weighted by Gasteiger charge is 2.50. The van der Waals surface area contributed by atoms with E-state index in [0.717, 1.165) is 25.7 Å². The molecule has 1 aliphatic heterocycles. The minimum atomic E-state index is -0.937. The first-order valence-corrected chi connectivity index (χ1v) is 7.76. The number of halogens is 1. The fourth-order valence-corrected chi connectivity index (χ4v) is 3.43. The Morgan fingerprint density at radius 3 is 3.00 bits per heavy atom. The summed E-state index contributed by atoms with van der Waals surface area (Å²) in [6.07, 6.45) is 4.78. The highest BCUT2D eigenvalue weighted by molar-refractivity contribution is 5.78. The number of rotatable bonds is 6. The maximum absolute atomic E-state index is 13.6. The second-order valence-corrected chi connectivity index (χ2v) is 6.30. The summed E-state index contributed by atoms with van der Waals surface area (Å²) < 4.78 is 18.9. The summed E-state index contributed by atoms with van der Waals surface area (Å²) in [6.45, 7) is 4.16. The van der Waals surface area contributed by atoms with E-state index in [1.807, 2.05) is 6.92 Å². The normalized spacial score (nSPS) is 35.0. The van der Waals surface area contributed by atoms with E-state index in [2.05, 4.69) is 6.92 Å². The molecule has 0 aromatic rings. The number of alkyl halides is 1. The number of aliphatic hydroxyl groups excluding tert-OH is 1. The molecule has 0 aromatic heterocycles. The monoisotopic (exact) mass is 284 g/mol. The predicted octanol–water partition coefficient (Wildman–Crippen LogP) is 3.93. The van der Waals surface area contributed by atoms with Crippen LogP contribution in [-0.4, -0.2) is 23.4 Å². The number of allylic oxidation sites excluding steroid dienone is 1. The number of hydrogen-bond acceptors (Lipinski definition) is 3. The first-order valence-electron chi connectivity index (χ1n) is 7.76. The fraction of sp³-hybridized carbons (Fsp3) is 0.812. The molecule has 114 valence electrons. The maximum Gasteiger partial charge on any atom is 0.317 e. The summed E-state index contributed by atoms with van der Waals surface area (Å²) in [5, 5.41) is 10.1. The Hall–Kier alpha value is -1.06. The molecule has 0 bridgehead atoms. The smallest absolute Gasteiger partial charge is 0.317 e. The molecule has 2 fully saturated rings. The fourth-order valence-electron chi connectivity index (χ4n) is 3.43. The number of carbonyl (C=O) groups excluding carboxylic acids is 1. The van der Waals surface area contributed by atoms with E-state index in [0.29, 0.717) is 12.3 Å². The van der Waals surface area contributed by atoms with Crippen LogP contribution < -0.4 is 0 Å². The molecule has 2 rings (SSSR count). The minimum absolute atomic E-state index is 0.00995. The number of unbranched alkanes of at least 4 members (excludes halogenated alkanes) is 1. The van der Waals surface area contributed by atoms with Gasteiger partial charge in [0.15, 0.2) is 0 Å². The molecular formula is C16H25FO3. The van der Waals surface area contributed by atoms with Gasteiger partial charge < -0.3 is 9.84 Å². The van der Waals surface area contributed by atoms with Crippen molar-refractivity contribution >= 4 is 5.97 Å². The summed E-state index contributed by atoms with van der Waals surface area (Å²) in [5.41, 5.74) is 0. The Bertz CT molecular complexity index is 380. The van der Waals surface area contributed by atoms with E-state index in [4.69, 9.17) is 4.74 Å². The van der Waals surface area contributed by atoms with Gasteiger partial charge in [-0.05, 0) is 31.3 Å². The third kappa shape index (κ3) is 3.33. The lowest BCUT2D eigenvalue weighted by molar-refractivity contribution is -0.144. The van der Waals surface area contributed by atoms with Crippen LogP contribution in [0.1, 0.15) is 52.4 Å². The van der Waals surface area contributed by atoms with E-state index >= 15 is 0 Å². The van der Waals surface area contributed by atoms with Gasteiger partial charge in [0.25, 0.3) is 0 Å². The number of carbonyl (C=O) groups is 1. The van der Waals surface area contributed by atoms with E-state index in [1.54, 1.807) is 0 Å². The van der Waals surface area contributed by atoms with Crippen LogP contribution in [0.15, 0.2) is 11.8 Å². The van der Waals surface area contributed by atoms with Gasteiger partial charge in [0.1, 0.15) is 24.0 Å². The second-order valence-electron chi connectivity index (χ2n) is 6.30. The van der Waals surface area contributed by atoms with Gasteiger partial charge in [-0.2, -0.15) is 0 Å². The van der Waals surface area contributed by atoms with Crippen LogP contribution >= 0.6 is 0 Å². The van der Waals surface area contributed by atoms with Crippen LogP contribution in [0.25, 0.3) is 0 Å². The van der Waals surface area contributed by atoms with Crippen molar-refractivity contribution in [3.05, 3.63) is 11.8 Å². The maximum atomic E-state index is 13.6. The summed E-state index contributed by atoms with van der Waals surface area (Å²) in [6, 6.07) is 0. The Morgan fingerprint density at radius 1 is 1.55 bits per heavy atom. The third-order valence-corrected chi connectivity index (χ3v) is 4.51. The van der Waals surface area contributed by atoms with Crippen molar-refractivity contribution in [1.82, 2.24) is 0 Å². The molecule has 4 heteroatoms. The highest BCUT2D eigenvalue weighted by Crippen LogP contribution is 2.45. The first kappa shape index (κ1) is 15.3. The molecule has 0 radical (unpaired) electrons. The number of aliphatic hydroxyl groups is 1. The van der Waals surface area contributed by atoms with Gasteiger partial charge >= 0.3 is 5.97 Å². The van der Waals surface area contributed by atoms with Gasteiger partial charge in [-0.1, -0.05) is 26.7 Å². The Balaban J connectivity index is 1.93. The first-order chi connectivity index (χ1) is 9.52. The van der Waals surface area contributed by atoms with Crippen LogP contribution in [0.5, 0.6) is 0 Å². The van der Waals surface area contributed by atoms with Crippen LogP contribution in [0.3, 0.4) is 0 Å². The Labute approximate surface area is 120 Å². The molecule has 0 spiro atoms. The minimum Gasteiger partial charge on any atom is -0.512 e. The molecule has 1 saturated heterocycles. The highest BCUT2D eigenvalue weighted by atomic mass is 19.1. The van der Waals surface area contributed by atoms with Crippen LogP contribution in [0.4, 0.5) is 4.39 Å². The lowest BCUT2D eigenvalue weighted by Gasteiger charge is -2.13. The van der Waals surface area contributed by atoms with Crippen molar-refractivity contribution in [3.8, 4) is 0 Å². The van der Waals surface area contributed by atoms with Gasteiger partial charge in [0.2, 0.25) is 0 Å². The molecule has 2 aliphatic rings. The molecule has 20 heavy (non-hydrogen) atoms. The van der Waals surface area contributed by atoms with Crippen LogP contribution in [0.2, 0.25) is 0 Å². The zero-order chi connectivity index (χ0) is 14.7. The summed E-state index contributed by atoms with van der Waals surface area (Å²) in [7, 11) is 0. The average Bonchev–Trinajstić information content (AvgIpc) is 2.87. The van der Waals surface area contributed by atoms with E-state index in [-0.39, 0.29) is 30.2 Å². The Kier molecular flexibility index (Phi) is 5.06. The van der Waals surface area contributed by atoms with Crippen molar-refractivity contribution in [3.63, 3.8) is 0 Å². The van der Waals surface area contributed by atoms with Crippen molar-refractivity contribution in [1.29, 1.82) is 0 Å². The quantitative estimate of drug-likeness (QED) is 0.593. The summed E-state index contributed by atoms with van der Waals surface area (Å²) in [4.78, 5) is 11.8. The largest absolute Gasteiger partial charge is 0.512 e. The van der Waals surface area contributed by atoms with Crippen molar-refractivity contribution in [2.75, 3.05) is 0 Å². The average molecular weight is 284 g/mol.